The fraction of sp³-hybridized carbons (Fsp3) is 0.417. The van der Waals surface area contributed by atoms with Gasteiger partial charge in [0.25, 0.3) is 0 Å². The van der Waals surface area contributed by atoms with E-state index in [9.17, 15) is 9.59 Å². The van der Waals surface area contributed by atoms with E-state index < -0.39 is 0 Å². The third-order valence-corrected chi connectivity index (χ3v) is 5.59. The van der Waals surface area contributed by atoms with Crippen LogP contribution in [-0.2, 0) is 22.6 Å². The van der Waals surface area contributed by atoms with Gasteiger partial charge in [0.1, 0.15) is 0 Å². The van der Waals surface area contributed by atoms with Crippen LogP contribution in [0.1, 0.15) is 37.3 Å². The van der Waals surface area contributed by atoms with Crippen LogP contribution in [0.15, 0.2) is 60.7 Å². The Morgan fingerprint density at radius 2 is 1.50 bits per heavy atom. The Balaban J connectivity index is 1.43. The van der Waals surface area contributed by atoms with Gasteiger partial charge in [0.2, 0.25) is 11.8 Å². The maximum atomic E-state index is 12.6. The number of hydrogen-bond donors (Lipinski definition) is 0. The van der Waals surface area contributed by atoms with Crippen molar-refractivity contribution in [3.05, 3.63) is 71.8 Å². The Labute approximate surface area is 168 Å². The van der Waals surface area contributed by atoms with E-state index in [2.05, 4.69) is 24.3 Å². The number of carbonyl (C=O) groups is 2. The molecular weight excluding hydrogens is 348 g/mol. The lowest BCUT2D eigenvalue weighted by atomic mass is 9.90. The molecule has 0 spiro atoms. The van der Waals surface area contributed by atoms with Crippen molar-refractivity contribution in [3.63, 3.8) is 0 Å². The predicted molar refractivity (Wildman–Crippen MR) is 112 cm³/mol. The Morgan fingerprint density at radius 1 is 0.929 bits per heavy atom. The van der Waals surface area contributed by atoms with Crippen molar-refractivity contribution in [2.24, 2.45) is 5.92 Å². The van der Waals surface area contributed by atoms with Crippen LogP contribution in [-0.4, -0.2) is 41.2 Å². The maximum Gasteiger partial charge on any atom is 0.224 e. The first-order chi connectivity index (χ1) is 13.6. The first-order valence-electron chi connectivity index (χ1n) is 10.2. The number of hydrogen-bond acceptors (Lipinski definition) is 2. The van der Waals surface area contributed by atoms with Gasteiger partial charge in [0.05, 0.1) is 0 Å². The molecule has 0 radical (unpaired) electrons. The Bertz CT molecular complexity index is 753. The lowest BCUT2D eigenvalue weighted by molar-refractivity contribution is -0.134. The van der Waals surface area contributed by atoms with Gasteiger partial charge in [-0.25, -0.2) is 0 Å². The number of likely N-dealkylation sites (tertiary alicyclic amines) is 1. The summed E-state index contributed by atoms with van der Waals surface area (Å²) in [6.07, 6.45) is 3.61. The van der Waals surface area contributed by atoms with E-state index in [0.29, 0.717) is 25.4 Å². The van der Waals surface area contributed by atoms with Gasteiger partial charge in [-0.1, -0.05) is 60.7 Å². The summed E-state index contributed by atoms with van der Waals surface area (Å²) < 4.78 is 0. The highest BCUT2D eigenvalue weighted by atomic mass is 16.2. The summed E-state index contributed by atoms with van der Waals surface area (Å²) in [5.74, 6) is 0.828. The number of nitrogens with zero attached hydrogens (tertiary/aromatic N) is 2. The van der Waals surface area contributed by atoms with Gasteiger partial charge in [0.15, 0.2) is 0 Å². The van der Waals surface area contributed by atoms with Crippen molar-refractivity contribution >= 4 is 11.8 Å². The normalized spacial score (nSPS) is 14.7. The average Bonchev–Trinajstić information content (AvgIpc) is 2.73. The lowest BCUT2D eigenvalue weighted by Crippen LogP contribution is -2.40. The topological polar surface area (TPSA) is 40.6 Å². The standard InChI is InChI=1S/C24H30N2O2/c1-20(27)26(19-23-10-6-3-7-11-23)17-14-24(28)25-15-12-22(13-16-25)18-21-8-4-2-5-9-21/h2-11,22H,12-19H2,1H3. The van der Waals surface area contributed by atoms with Crippen LogP contribution in [0.25, 0.3) is 0 Å². The zero-order chi connectivity index (χ0) is 19.8. The molecule has 1 saturated heterocycles. The number of amides is 2. The number of benzene rings is 2. The second kappa shape index (κ2) is 10.1. The molecule has 4 heteroatoms. The van der Waals surface area contributed by atoms with E-state index in [1.54, 1.807) is 11.8 Å². The molecule has 2 amide bonds. The fourth-order valence-electron chi connectivity index (χ4n) is 3.87. The summed E-state index contributed by atoms with van der Waals surface area (Å²) in [6, 6.07) is 20.5. The quantitative estimate of drug-likeness (QED) is 0.733. The first kappa shape index (κ1) is 20.1. The van der Waals surface area contributed by atoms with Crippen molar-refractivity contribution in [1.29, 1.82) is 0 Å². The van der Waals surface area contributed by atoms with Crippen LogP contribution in [0.2, 0.25) is 0 Å². The Kier molecular flexibility index (Phi) is 7.24. The highest BCUT2D eigenvalue weighted by molar-refractivity contribution is 5.78. The first-order valence-corrected chi connectivity index (χ1v) is 10.2. The molecular formula is C24H30N2O2. The summed E-state index contributed by atoms with van der Waals surface area (Å²) >= 11 is 0. The van der Waals surface area contributed by atoms with Crippen LogP contribution in [0, 0.1) is 5.92 Å². The monoisotopic (exact) mass is 378 g/mol. The molecule has 2 aromatic rings. The summed E-state index contributed by atoms with van der Waals surface area (Å²) in [5.41, 5.74) is 2.47. The van der Waals surface area contributed by atoms with E-state index in [1.807, 2.05) is 41.3 Å². The van der Waals surface area contributed by atoms with Gasteiger partial charge in [-0.15, -0.1) is 0 Å². The molecule has 4 nitrogen and oxygen atoms in total. The Morgan fingerprint density at radius 3 is 2.07 bits per heavy atom. The molecule has 3 rings (SSSR count). The molecule has 0 aromatic heterocycles. The van der Waals surface area contributed by atoms with Crippen LogP contribution in [0.4, 0.5) is 0 Å². The minimum atomic E-state index is 0.0122. The molecule has 0 saturated carbocycles. The fourth-order valence-corrected chi connectivity index (χ4v) is 3.87. The van der Waals surface area contributed by atoms with E-state index in [1.165, 1.54) is 5.56 Å². The van der Waals surface area contributed by atoms with Gasteiger partial charge in [-0.2, -0.15) is 0 Å². The third kappa shape index (κ3) is 5.95. The number of carbonyl (C=O) groups excluding carboxylic acids is 2. The van der Waals surface area contributed by atoms with E-state index in [-0.39, 0.29) is 11.8 Å². The zero-order valence-electron chi connectivity index (χ0n) is 16.7. The Hall–Kier alpha value is -2.62. The molecule has 0 atom stereocenters. The third-order valence-electron chi connectivity index (χ3n) is 5.59. The van der Waals surface area contributed by atoms with Crippen LogP contribution in [0.3, 0.4) is 0 Å². The van der Waals surface area contributed by atoms with Crippen LogP contribution < -0.4 is 0 Å². The van der Waals surface area contributed by atoms with Crippen molar-refractivity contribution in [2.75, 3.05) is 19.6 Å². The number of rotatable bonds is 7. The smallest absolute Gasteiger partial charge is 0.224 e. The summed E-state index contributed by atoms with van der Waals surface area (Å²) in [5, 5.41) is 0. The van der Waals surface area contributed by atoms with Gasteiger partial charge in [0, 0.05) is 39.5 Å². The second-order valence-electron chi connectivity index (χ2n) is 7.69. The van der Waals surface area contributed by atoms with E-state index in [0.717, 1.165) is 37.9 Å². The predicted octanol–water partition coefficient (Wildman–Crippen LogP) is 3.91. The molecule has 0 unspecified atom stereocenters. The van der Waals surface area contributed by atoms with Crippen molar-refractivity contribution in [1.82, 2.24) is 9.80 Å². The molecule has 2 aromatic carbocycles. The SMILES string of the molecule is CC(=O)N(CCC(=O)N1CCC(Cc2ccccc2)CC1)Cc1ccccc1. The molecule has 1 heterocycles. The number of piperidine rings is 1. The largest absolute Gasteiger partial charge is 0.343 e. The minimum Gasteiger partial charge on any atom is -0.343 e. The summed E-state index contributed by atoms with van der Waals surface area (Å²) in [6.45, 7) is 4.27. The van der Waals surface area contributed by atoms with Crippen LogP contribution >= 0.6 is 0 Å². The molecule has 0 aliphatic carbocycles. The van der Waals surface area contributed by atoms with E-state index >= 15 is 0 Å². The van der Waals surface area contributed by atoms with Gasteiger partial charge in [-0.05, 0) is 36.3 Å². The summed E-state index contributed by atoms with van der Waals surface area (Å²) in [4.78, 5) is 28.3. The van der Waals surface area contributed by atoms with Gasteiger partial charge < -0.3 is 9.80 Å². The maximum absolute atomic E-state index is 12.6. The molecule has 1 aliphatic heterocycles. The highest BCUT2D eigenvalue weighted by Crippen LogP contribution is 2.22. The highest BCUT2D eigenvalue weighted by Gasteiger charge is 2.23. The average molecular weight is 379 g/mol. The zero-order valence-corrected chi connectivity index (χ0v) is 16.7. The van der Waals surface area contributed by atoms with Crippen molar-refractivity contribution in [3.8, 4) is 0 Å². The van der Waals surface area contributed by atoms with E-state index in [4.69, 9.17) is 0 Å². The van der Waals surface area contributed by atoms with Crippen molar-refractivity contribution < 1.29 is 9.59 Å². The summed E-state index contributed by atoms with van der Waals surface area (Å²) in [7, 11) is 0. The van der Waals surface area contributed by atoms with Crippen LogP contribution in [0.5, 0.6) is 0 Å². The molecule has 1 fully saturated rings. The molecule has 0 N–H and O–H groups in total. The minimum absolute atomic E-state index is 0.0122. The molecule has 0 bridgehead atoms. The van der Waals surface area contributed by atoms with Gasteiger partial charge in [-0.3, -0.25) is 9.59 Å². The van der Waals surface area contributed by atoms with Crippen molar-refractivity contribution in [2.45, 2.75) is 39.2 Å². The lowest BCUT2D eigenvalue weighted by Gasteiger charge is -2.33. The molecule has 1 aliphatic rings. The van der Waals surface area contributed by atoms with Gasteiger partial charge >= 0.3 is 0 Å². The second-order valence-corrected chi connectivity index (χ2v) is 7.69. The molecule has 28 heavy (non-hydrogen) atoms. The molecule has 148 valence electrons.